The number of halogens is 1. The molecule has 3 aromatic rings. The van der Waals surface area contributed by atoms with Crippen LogP contribution in [0.1, 0.15) is 21.5 Å². The number of anilines is 2. The number of methoxy groups -OCH3 is 3. The summed E-state index contributed by atoms with van der Waals surface area (Å²) in [6.45, 7) is 4.18. The molecule has 2 N–H and O–H groups in total. The largest absolute Gasteiger partial charge is 0.495 e. The second-order valence-corrected chi connectivity index (χ2v) is 9.32. The molecule has 10 nitrogen and oxygen atoms in total. The molecule has 202 valence electrons. The molecule has 1 fully saturated rings. The molecule has 4 rings (SSSR count). The summed E-state index contributed by atoms with van der Waals surface area (Å²) in [5.74, 6) is 2.57. The second-order valence-electron chi connectivity index (χ2n) is 8.92. The molecular formula is C27H33ClN6O4. The number of rotatable bonds is 10. The Labute approximate surface area is 227 Å². The van der Waals surface area contributed by atoms with E-state index in [1.54, 1.807) is 33.6 Å². The van der Waals surface area contributed by atoms with Gasteiger partial charge in [0.25, 0.3) is 5.91 Å². The monoisotopic (exact) mass is 540 g/mol. The summed E-state index contributed by atoms with van der Waals surface area (Å²) in [5.41, 5.74) is 2.14. The van der Waals surface area contributed by atoms with Crippen molar-refractivity contribution in [1.29, 1.82) is 0 Å². The van der Waals surface area contributed by atoms with E-state index in [2.05, 4.69) is 32.5 Å². The van der Waals surface area contributed by atoms with Crippen LogP contribution in [0.4, 0.5) is 11.8 Å². The molecular weight excluding hydrogens is 508 g/mol. The molecule has 1 aliphatic heterocycles. The van der Waals surface area contributed by atoms with Gasteiger partial charge in [-0.25, -0.2) is 4.98 Å². The summed E-state index contributed by atoms with van der Waals surface area (Å²) in [6, 6.07) is 11.1. The topological polar surface area (TPSA) is 101 Å². The number of nitrogens with one attached hydrogen (secondary N) is 2. The quantitative estimate of drug-likeness (QED) is 0.400. The second kappa shape index (κ2) is 12.7. The van der Waals surface area contributed by atoms with E-state index in [-0.39, 0.29) is 5.91 Å². The predicted octanol–water partition coefficient (Wildman–Crippen LogP) is 3.45. The van der Waals surface area contributed by atoms with Crippen molar-refractivity contribution in [2.24, 2.45) is 0 Å². The molecule has 38 heavy (non-hydrogen) atoms. The first kappa shape index (κ1) is 27.3. The maximum atomic E-state index is 13.3. The number of hydrogen-bond donors (Lipinski definition) is 2. The average molecular weight is 541 g/mol. The third-order valence-corrected chi connectivity index (χ3v) is 6.68. The van der Waals surface area contributed by atoms with Crippen molar-refractivity contribution >= 4 is 29.3 Å². The summed E-state index contributed by atoms with van der Waals surface area (Å²) in [7, 11) is 6.83. The number of nitrogens with zero attached hydrogens (tertiary/aromatic N) is 4. The van der Waals surface area contributed by atoms with E-state index in [4.69, 9.17) is 30.8 Å². The first-order valence-electron chi connectivity index (χ1n) is 12.3. The van der Waals surface area contributed by atoms with Gasteiger partial charge in [-0.15, -0.1) is 0 Å². The molecule has 0 spiro atoms. The molecule has 0 aliphatic carbocycles. The first-order valence-corrected chi connectivity index (χ1v) is 12.7. The summed E-state index contributed by atoms with van der Waals surface area (Å²) >= 11 is 6.30. The van der Waals surface area contributed by atoms with Crippen LogP contribution in [0.15, 0.2) is 42.6 Å². The fourth-order valence-corrected chi connectivity index (χ4v) is 4.39. The van der Waals surface area contributed by atoms with Crippen molar-refractivity contribution in [3.05, 3.63) is 64.3 Å². The van der Waals surface area contributed by atoms with Gasteiger partial charge in [-0.05, 0) is 42.4 Å². The molecule has 11 heteroatoms. The van der Waals surface area contributed by atoms with Crippen molar-refractivity contribution in [2.45, 2.75) is 13.1 Å². The Kier molecular flexibility index (Phi) is 9.09. The maximum Gasteiger partial charge on any atom is 0.256 e. The van der Waals surface area contributed by atoms with Crippen molar-refractivity contribution in [1.82, 2.24) is 20.2 Å². The van der Waals surface area contributed by atoms with Crippen LogP contribution in [-0.4, -0.2) is 75.3 Å². The lowest BCUT2D eigenvalue weighted by Gasteiger charge is -2.32. The Morgan fingerprint density at radius 2 is 1.58 bits per heavy atom. The average Bonchev–Trinajstić information content (AvgIpc) is 2.95. The number of amides is 1. The lowest BCUT2D eigenvalue weighted by Crippen LogP contribution is -2.45. The Hall–Kier alpha value is -3.76. The van der Waals surface area contributed by atoms with E-state index in [9.17, 15) is 4.79 Å². The summed E-state index contributed by atoms with van der Waals surface area (Å²) in [6.07, 6.45) is 1.58. The molecule has 1 amide bonds. The van der Waals surface area contributed by atoms with Gasteiger partial charge in [0.15, 0.2) is 11.5 Å². The molecule has 0 saturated carbocycles. The van der Waals surface area contributed by atoms with E-state index < -0.39 is 0 Å². The van der Waals surface area contributed by atoms with E-state index in [0.717, 1.165) is 37.3 Å². The Morgan fingerprint density at radius 3 is 2.24 bits per heavy atom. The number of aromatic nitrogens is 2. The van der Waals surface area contributed by atoms with Gasteiger partial charge in [-0.1, -0.05) is 23.7 Å². The number of piperazine rings is 1. The minimum atomic E-state index is -0.292. The molecule has 0 bridgehead atoms. The Bertz CT molecular complexity index is 1270. The van der Waals surface area contributed by atoms with Crippen molar-refractivity contribution in [3.8, 4) is 17.2 Å². The highest BCUT2D eigenvalue weighted by atomic mass is 35.5. The van der Waals surface area contributed by atoms with Crippen LogP contribution >= 0.6 is 11.6 Å². The third kappa shape index (κ3) is 6.56. The summed E-state index contributed by atoms with van der Waals surface area (Å²) in [5, 5.41) is 6.78. The number of ether oxygens (including phenoxy) is 3. The number of carbonyl (C=O) groups is 1. The maximum absolute atomic E-state index is 13.3. The van der Waals surface area contributed by atoms with E-state index in [1.807, 2.05) is 30.3 Å². The van der Waals surface area contributed by atoms with Crippen LogP contribution in [0.5, 0.6) is 17.2 Å². The lowest BCUT2D eigenvalue weighted by molar-refractivity contribution is 0.0951. The zero-order valence-electron chi connectivity index (χ0n) is 22.1. The number of benzene rings is 2. The van der Waals surface area contributed by atoms with Crippen molar-refractivity contribution in [2.75, 3.05) is 64.8 Å². The zero-order valence-corrected chi connectivity index (χ0v) is 22.8. The summed E-state index contributed by atoms with van der Waals surface area (Å²) < 4.78 is 15.9. The number of carbonyl (C=O) groups excluding carboxylic acids is 1. The van der Waals surface area contributed by atoms with Gasteiger partial charge in [0.2, 0.25) is 5.95 Å². The van der Waals surface area contributed by atoms with Gasteiger partial charge >= 0.3 is 0 Å². The van der Waals surface area contributed by atoms with Gasteiger partial charge in [0.05, 0.1) is 26.4 Å². The minimum absolute atomic E-state index is 0.292. The minimum Gasteiger partial charge on any atom is -0.495 e. The van der Waals surface area contributed by atoms with E-state index in [1.165, 1.54) is 0 Å². The highest BCUT2D eigenvalue weighted by Crippen LogP contribution is 2.28. The van der Waals surface area contributed by atoms with E-state index >= 15 is 0 Å². The number of likely N-dealkylation sites (N-methyl/N-ethyl adjacent to an activating group) is 1. The number of hydrogen-bond acceptors (Lipinski definition) is 9. The standard InChI is InChI=1S/C27H33ClN6O4/c1-33-9-11-34(12-10-33)27-31-17-20(25(32-27)29-15-18-5-7-22(36-2)21(28)13-18)26(35)30-16-19-6-8-23(37-3)24(14-19)38-4/h5-8,13-14,17H,9-12,15-16H2,1-4H3,(H,30,35)(H,29,31,32). The fraction of sp³-hybridized carbons (Fsp3) is 0.370. The van der Waals surface area contributed by atoms with Gasteiger partial charge < -0.3 is 34.6 Å². The fourth-order valence-electron chi connectivity index (χ4n) is 4.11. The Morgan fingerprint density at radius 1 is 0.921 bits per heavy atom. The van der Waals surface area contributed by atoms with Crippen LogP contribution in [0.3, 0.4) is 0 Å². The molecule has 1 saturated heterocycles. The zero-order chi connectivity index (χ0) is 27.1. The SMILES string of the molecule is COc1ccc(CNc2nc(N3CCN(C)CC3)ncc2C(=O)NCc2ccc(OC)c(OC)c2)cc1Cl. The van der Waals surface area contributed by atoms with Gasteiger partial charge in [-0.3, -0.25) is 4.79 Å². The molecule has 1 aromatic heterocycles. The molecule has 0 unspecified atom stereocenters. The smallest absolute Gasteiger partial charge is 0.256 e. The first-order chi connectivity index (χ1) is 18.4. The van der Waals surface area contributed by atoms with Crippen LogP contribution in [0.25, 0.3) is 0 Å². The molecule has 1 aliphatic rings. The van der Waals surface area contributed by atoms with Crippen LogP contribution in [0.2, 0.25) is 5.02 Å². The van der Waals surface area contributed by atoms with Gasteiger partial charge in [0.1, 0.15) is 17.1 Å². The Balaban J connectivity index is 1.53. The molecule has 2 heterocycles. The van der Waals surface area contributed by atoms with Crippen molar-refractivity contribution in [3.63, 3.8) is 0 Å². The van der Waals surface area contributed by atoms with Crippen LogP contribution in [0, 0.1) is 0 Å². The normalized spacial score (nSPS) is 13.7. The highest BCUT2D eigenvalue weighted by Gasteiger charge is 2.21. The molecule has 0 radical (unpaired) electrons. The van der Waals surface area contributed by atoms with Crippen molar-refractivity contribution < 1.29 is 19.0 Å². The van der Waals surface area contributed by atoms with Gasteiger partial charge in [-0.2, -0.15) is 4.98 Å². The third-order valence-electron chi connectivity index (χ3n) is 6.38. The highest BCUT2D eigenvalue weighted by molar-refractivity contribution is 6.32. The van der Waals surface area contributed by atoms with Gasteiger partial charge in [0, 0.05) is 45.5 Å². The lowest BCUT2D eigenvalue weighted by atomic mass is 10.2. The summed E-state index contributed by atoms with van der Waals surface area (Å²) in [4.78, 5) is 26.9. The molecule has 0 atom stereocenters. The molecule has 2 aromatic carbocycles. The van der Waals surface area contributed by atoms with E-state index in [0.29, 0.717) is 52.7 Å². The van der Waals surface area contributed by atoms with Crippen LogP contribution < -0.4 is 29.7 Å². The van der Waals surface area contributed by atoms with Crippen LogP contribution in [-0.2, 0) is 13.1 Å². The predicted molar refractivity (Wildman–Crippen MR) is 148 cm³/mol.